The molecule has 4 heterocycles. The molecule has 0 unspecified atom stereocenters. The number of hydrogen-bond acceptors (Lipinski definition) is 6. The lowest BCUT2D eigenvalue weighted by molar-refractivity contribution is -0.116. The fourth-order valence-electron chi connectivity index (χ4n) is 6.55. The van der Waals surface area contributed by atoms with Gasteiger partial charge in [0, 0.05) is 49.3 Å². The molecule has 2 aromatic carbocycles. The number of likely N-dealkylation sites (tertiary alicyclic amines) is 1. The number of benzene rings is 2. The highest BCUT2D eigenvalue weighted by Gasteiger charge is 2.46. The van der Waals surface area contributed by atoms with Gasteiger partial charge in [-0.2, -0.15) is 0 Å². The van der Waals surface area contributed by atoms with Gasteiger partial charge in [0.15, 0.2) is 0 Å². The number of piperidine rings is 2. The number of anilines is 2. The van der Waals surface area contributed by atoms with Gasteiger partial charge in [-0.05, 0) is 62.5 Å². The minimum absolute atomic E-state index is 0.107. The van der Waals surface area contributed by atoms with E-state index in [0.717, 1.165) is 86.9 Å². The van der Waals surface area contributed by atoms with Crippen LogP contribution in [0.1, 0.15) is 38.2 Å². The molecule has 3 aliphatic rings. The lowest BCUT2D eigenvalue weighted by Crippen LogP contribution is -2.52. The Morgan fingerprint density at radius 2 is 1.78 bits per heavy atom. The molecule has 1 amide bonds. The van der Waals surface area contributed by atoms with E-state index in [9.17, 15) is 4.79 Å². The first-order valence-electron chi connectivity index (χ1n) is 13.4. The van der Waals surface area contributed by atoms with Crippen LogP contribution >= 0.6 is 0 Å². The van der Waals surface area contributed by atoms with Crippen LogP contribution < -0.4 is 14.5 Å². The van der Waals surface area contributed by atoms with Crippen LogP contribution in [0.5, 0.6) is 5.75 Å². The Bertz CT molecular complexity index is 1280. The molecule has 2 saturated heterocycles. The van der Waals surface area contributed by atoms with Crippen molar-refractivity contribution in [2.45, 2.75) is 44.1 Å². The average Bonchev–Trinajstić information content (AvgIpc) is 3.28. The fourth-order valence-corrected chi connectivity index (χ4v) is 6.55. The third-order valence-corrected chi connectivity index (χ3v) is 8.65. The van der Waals surface area contributed by atoms with E-state index in [1.54, 1.807) is 14.0 Å². The van der Waals surface area contributed by atoms with Crippen LogP contribution in [0.2, 0.25) is 0 Å². The van der Waals surface area contributed by atoms with Crippen LogP contribution in [0.25, 0.3) is 11.3 Å². The van der Waals surface area contributed by atoms with Gasteiger partial charge >= 0.3 is 0 Å². The molecular weight excluding hydrogens is 462 g/mol. The first-order valence-corrected chi connectivity index (χ1v) is 13.4. The number of hydrogen-bond donors (Lipinski definition) is 0. The maximum absolute atomic E-state index is 12.3. The third kappa shape index (κ3) is 4.46. The minimum Gasteiger partial charge on any atom is -0.497 e. The van der Waals surface area contributed by atoms with Gasteiger partial charge in [-0.25, -0.2) is 4.98 Å². The summed E-state index contributed by atoms with van der Waals surface area (Å²) in [4.78, 5) is 28.8. The van der Waals surface area contributed by atoms with Gasteiger partial charge in [-0.3, -0.25) is 9.78 Å². The molecule has 0 aliphatic carbocycles. The monoisotopic (exact) mass is 497 g/mol. The van der Waals surface area contributed by atoms with Crippen molar-refractivity contribution < 1.29 is 9.53 Å². The van der Waals surface area contributed by atoms with Crippen molar-refractivity contribution in [3.63, 3.8) is 0 Å². The standard InChI is InChI=1S/C30H35N5O2/c1-22(36)35-21-30(26-8-3-4-9-28(26)35)12-16-33(17-13-30)24-10-14-34(15-11-24)29-20-31-19-27(32-29)23-6-5-7-25(18-23)37-2/h3-9,18-20,24H,10-17,21H2,1-2H3. The Morgan fingerprint density at radius 1 is 1.00 bits per heavy atom. The second-order valence-corrected chi connectivity index (χ2v) is 10.7. The van der Waals surface area contributed by atoms with Crippen molar-refractivity contribution in [3.8, 4) is 17.0 Å². The Balaban J connectivity index is 1.09. The van der Waals surface area contributed by atoms with E-state index < -0.39 is 0 Å². The topological polar surface area (TPSA) is 61.8 Å². The number of carbonyl (C=O) groups is 1. The highest BCUT2D eigenvalue weighted by molar-refractivity contribution is 5.94. The van der Waals surface area contributed by atoms with Crippen molar-refractivity contribution in [3.05, 3.63) is 66.5 Å². The molecule has 7 heteroatoms. The first-order chi connectivity index (χ1) is 18.1. The molecule has 1 spiro atoms. The summed E-state index contributed by atoms with van der Waals surface area (Å²) < 4.78 is 5.38. The van der Waals surface area contributed by atoms with Crippen molar-refractivity contribution in [2.75, 3.05) is 49.6 Å². The highest BCUT2D eigenvalue weighted by Crippen LogP contribution is 2.47. The Morgan fingerprint density at radius 3 is 2.54 bits per heavy atom. The second kappa shape index (κ2) is 9.78. The summed E-state index contributed by atoms with van der Waals surface area (Å²) in [6.07, 6.45) is 8.20. The van der Waals surface area contributed by atoms with Gasteiger partial charge in [0.05, 0.1) is 25.2 Å². The van der Waals surface area contributed by atoms with Crippen molar-refractivity contribution >= 4 is 17.4 Å². The second-order valence-electron chi connectivity index (χ2n) is 10.7. The largest absolute Gasteiger partial charge is 0.497 e. The Labute approximate surface area is 219 Å². The molecule has 192 valence electrons. The Hall–Kier alpha value is -3.45. The van der Waals surface area contributed by atoms with Gasteiger partial charge in [-0.15, -0.1) is 0 Å². The summed E-state index contributed by atoms with van der Waals surface area (Å²) in [6.45, 7) is 6.69. The van der Waals surface area contributed by atoms with Crippen molar-refractivity contribution in [2.24, 2.45) is 0 Å². The number of amides is 1. The van der Waals surface area contributed by atoms with Gasteiger partial charge in [0.2, 0.25) is 5.91 Å². The molecule has 1 aromatic heterocycles. The Kier molecular flexibility index (Phi) is 6.32. The molecule has 7 nitrogen and oxygen atoms in total. The van der Waals surface area contributed by atoms with E-state index in [2.05, 4.69) is 33.0 Å². The van der Waals surface area contributed by atoms with Crippen LogP contribution in [-0.2, 0) is 10.2 Å². The zero-order valence-electron chi connectivity index (χ0n) is 21.8. The third-order valence-electron chi connectivity index (χ3n) is 8.65. The summed E-state index contributed by atoms with van der Waals surface area (Å²) in [7, 11) is 1.68. The lowest BCUT2D eigenvalue weighted by atomic mass is 9.74. The molecule has 6 rings (SSSR count). The van der Waals surface area contributed by atoms with Crippen LogP contribution in [-0.4, -0.2) is 66.7 Å². The number of aromatic nitrogens is 2. The molecule has 0 saturated carbocycles. The molecule has 3 aliphatic heterocycles. The zero-order chi connectivity index (χ0) is 25.4. The van der Waals surface area contributed by atoms with Gasteiger partial charge in [0.1, 0.15) is 11.6 Å². The summed E-state index contributed by atoms with van der Waals surface area (Å²) in [5.74, 6) is 1.92. The van der Waals surface area contributed by atoms with E-state index >= 15 is 0 Å². The van der Waals surface area contributed by atoms with E-state index in [0.29, 0.717) is 6.04 Å². The molecule has 37 heavy (non-hydrogen) atoms. The zero-order valence-corrected chi connectivity index (χ0v) is 21.8. The first kappa shape index (κ1) is 23.9. The molecule has 2 fully saturated rings. The number of para-hydroxylation sites is 1. The minimum atomic E-state index is 0.107. The van der Waals surface area contributed by atoms with Crippen molar-refractivity contribution in [1.82, 2.24) is 14.9 Å². The van der Waals surface area contributed by atoms with E-state index in [-0.39, 0.29) is 11.3 Å². The molecule has 0 bridgehead atoms. The molecular formula is C30H35N5O2. The number of ether oxygens (including phenoxy) is 1. The molecule has 0 N–H and O–H groups in total. The number of rotatable bonds is 4. The lowest BCUT2D eigenvalue weighted by Gasteiger charge is -2.45. The van der Waals surface area contributed by atoms with E-state index in [1.807, 2.05) is 47.6 Å². The van der Waals surface area contributed by atoms with Crippen LogP contribution in [0.3, 0.4) is 0 Å². The van der Waals surface area contributed by atoms with Crippen LogP contribution in [0, 0.1) is 0 Å². The van der Waals surface area contributed by atoms with Gasteiger partial charge in [-0.1, -0.05) is 30.3 Å². The number of carbonyl (C=O) groups excluding carboxylic acids is 1. The smallest absolute Gasteiger partial charge is 0.223 e. The van der Waals surface area contributed by atoms with Crippen LogP contribution in [0.15, 0.2) is 60.9 Å². The van der Waals surface area contributed by atoms with Crippen molar-refractivity contribution in [1.29, 1.82) is 0 Å². The SMILES string of the molecule is COc1cccc(-c2cncc(N3CCC(N4CCC5(CC4)CN(C(C)=O)c4ccccc45)CC3)n2)c1. The predicted molar refractivity (Wildman–Crippen MR) is 146 cm³/mol. The average molecular weight is 498 g/mol. The highest BCUT2D eigenvalue weighted by atomic mass is 16.5. The summed E-state index contributed by atoms with van der Waals surface area (Å²) in [5, 5.41) is 0. The van der Waals surface area contributed by atoms with Gasteiger partial charge in [0.25, 0.3) is 0 Å². The molecule has 0 radical (unpaired) electrons. The maximum atomic E-state index is 12.3. The van der Waals surface area contributed by atoms with Crippen LogP contribution in [0.4, 0.5) is 11.5 Å². The molecule has 0 atom stereocenters. The summed E-state index contributed by atoms with van der Waals surface area (Å²) in [5.41, 5.74) is 4.48. The maximum Gasteiger partial charge on any atom is 0.223 e. The predicted octanol–water partition coefficient (Wildman–Crippen LogP) is 4.52. The number of nitrogens with zero attached hydrogens (tertiary/aromatic N) is 5. The summed E-state index contributed by atoms with van der Waals surface area (Å²) >= 11 is 0. The number of fused-ring (bicyclic) bond motifs is 2. The van der Waals surface area contributed by atoms with Gasteiger partial charge < -0.3 is 19.4 Å². The fraction of sp³-hybridized carbons (Fsp3) is 0.433. The summed E-state index contributed by atoms with van der Waals surface area (Å²) in [6, 6.07) is 17.1. The van der Waals surface area contributed by atoms with E-state index in [1.165, 1.54) is 5.56 Å². The quantitative estimate of drug-likeness (QED) is 0.528. The normalized spacial score (nSPS) is 19.7. The number of methoxy groups -OCH3 is 1. The molecule has 3 aromatic rings. The van der Waals surface area contributed by atoms with E-state index in [4.69, 9.17) is 9.72 Å².